The fourth-order valence-electron chi connectivity index (χ4n) is 2.32. The van der Waals surface area contributed by atoms with Crippen molar-refractivity contribution in [1.29, 1.82) is 0 Å². The zero-order valence-corrected chi connectivity index (χ0v) is 13.8. The quantitative estimate of drug-likeness (QED) is 0.713. The molecule has 0 aliphatic heterocycles. The molecule has 2 N–H and O–H groups in total. The number of nitrogens with zero attached hydrogens (tertiary/aromatic N) is 2. The van der Waals surface area contributed by atoms with Gasteiger partial charge in [-0.05, 0) is 24.3 Å². The van der Waals surface area contributed by atoms with Gasteiger partial charge in [-0.1, -0.05) is 35.5 Å². The third-order valence-electron chi connectivity index (χ3n) is 3.73. The van der Waals surface area contributed by atoms with Crippen LogP contribution in [0.15, 0.2) is 59.1 Å². The number of aromatic nitrogens is 2. The molecule has 0 bridgehead atoms. The lowest BCUT2D eigenvalue weighted by Gasteiger charge is -2.11. The fourth-order valence-corrected chi connectivity index (χ4v) is 2.32. The van der Waals surface area contributed by atoms with Gasteiger partial charge in [0.1, 0.15) is 6.04 Å². The predicted octanol–water partition coefficient (Wildman–Crippen LogP) is 3.22. The van der Waals surface area contributed by atoms with Gasteiger partial charge in [-0.25, -0.2) is 0 Å². The molecule has 1 aromatic heterocycles. The number of alkyl halides is 3. The van der Waals surface area contributed by atoms with Crippen molar-refractivity contribution < 1.29 is 27.6 Å². The Morgan fingerprint density at radius 2 is 1.78 bits per heavy atom. The van der Waals surface area contributed by atoms with Crippen molar-refractivity contribution in [2.24, 2.45) is 0 Å². The van der Waals surface area contributed by atoms with Crippen molar-refractivity contribution in [2.75, 3.05) is 6.61 Å². The summed E-state index contributed by atoms with van der Waals surface area (Å²) < 4.78 is 42.9. The number of benzene rings is 2. The number of hydrogen-bond donors (Lipinski definition) is 2. The summed E-state index contributed by atoms with van der Waals surface area (Å²) in [7, 11) is 0. The Kier molecular flexibility index (Phi) is 5.22. The molecule has 9 heteroatoms. The van der Waals surface area contributed by atoms with Crippen LogP contribution in [0.1, 0.15) is 27.9 Å². The second kappa shape index (κ2) is 7.58. The monoisotopic (exact) mass is 377 g/mol. The van der Waals surface area contributed by atoms with Crippen molar-refractivity contribution >= 4 is 5.91 Å². The lowest BCUT2D eigenvalue weighted by Crippen LogP contribution is -2.31. The van der Waals surface area contributed by atoms with Crippen LogP contribution >= 0.6 is 0 Å². The highest BCUT2D eigenvalue weighted by atomic mass is 19.4. The van der Waals surface area contributed by atoms with Gasteiger partial charge in [0.2, 0.25) is 5.82 Å². The lowest BCUT2D eigenvalue weighted by atomic mass is 10.1. The molecule has 3 aromatic rings. The van der Waals surface area contributed by atoms with E-state index in [9.17, 15) is 23.1 Å². The molecule has 0 unspecified atom stereocenters. The first-order valence-corrected chi connectivity index (χ1v) is 7.86. The molecule has 2 aromatic carbocycles. The first-order chi connectivity index (χ1) is 12.9. The maximum atomic E-state index is 12.6. The lowest BCUT2D eigenvalue weighted by molar-refractivity contribution is -0.137. The van der Waals surface area contributed by atoms with E-state index in [2.05, 4.69) is 15.5 Å². The summed E-state index contributed by atoms with van der Waals surface area (Å²) >= 11 is 0. The SMILES string of the molecule is O=C(N[C@@H](CO)c1nc(-c2ccc(C(F)(F)F)cc2)no1)c1ccccc1. The molecule has 27 heavy (non-hydrogen) atoms. The topological polar surface area (TPSA) is 88.2 Å². The van der Waals surface area contributed by atoms with E-state index in [4.69, 9.17) is 4.52 Å². The van der Waals surface area contributed by atoms with Crippen LogP contribution in [0.2, 0.25) is 0 Å². The molecule has 1 atom stereocenters. The third-order valence-corrected chi connectivity index (χ3v) is 3.73. The highest BCUT2D eigenvalue weighted by Gasteiger charge is 2.30. The number of aliphatic hydroxyl groups excluding tert-OH is 1. The number of hydrogen-bond acceptors (Lipinski definition) is 5. The molecular weight excluding hydrogens is 363 g/mol. The van der Waals surface area contributed by atoms with Crippen LogP contribution < -0.4 is 5.32 Å². The van der Waals surface area contributed by atoms with Crippen LogP contribution in [-0.2, 0) is 6.18 Å². The third kappa shape index (κ3) is 4.32. The van der Waals surface area contributed by atoms with Gasteiger partial charge in [-0.15, -0.1) is 0 Å². The van der Waals surface area contributed by atoms with Gasteiger partial charge in [0.15, 0.2) is 0 Å². The van der Waals surface area contributed by atoms with Crippen molar-refractivity contribution in [3.63, 3.8) is 0 Å². The van der Waals surface area contributed by atoms with Crippen molar-refractivity contribution in [1.82, 2.24) is 15.5 Å². The number of halogens is 3. The van der Waals surface area contributed by atoms with E-state index in [1.165, 1.54) is 12.1 Å². The highest BCUT2D eigenvalue weighted by molar-refractivity contribution is 5.94. The van der Waals surface area contributed by atoms with Crippen LogP contribution in [0.3, 0.4) is 0 Å². The van der Waals surface area contributed by atoms with Gasteiger partial charge in [0.25, 0.3) is 11.8 Å². The molecule has 0 saturated heterocycles. The molecule has 1 amide bonds. The van der Waals surface area contributed by atoms with Gasteiger partial charge >= 0.3 is 6.18 Å². The Morgan fingerprint density at radius 3 is 2.37 bits per heavy atom. The standard InChI is InChI=1S/C18H14F3N3O3/c19-18(20,21)13-8-6-11(7-9-13)15-23-17(27-24-15)14(10-25)22-16(26)12-4-2-1-3-5-12/h1-9,14,25H,10H2,(H,22,26)/t14-/m0/s1. The van der Waals surface area contributed by atoms with Gasteiger partial charge in [-0.2, -0.15) is 18.2 Å². The molecule has 140 valence electrons. The van der Waals surface area contributed by atoms with E-state index in [1.807, 2.05) is 0 Å². The zero-order valence-electron chi connectivity index (χ0n) is 13.8. The number of amides is 1. The molecule has 6 nitrogen and oxygen atoms in total. The molecule has 0 radical (unpaired) electrons. The highest BCUT2D eigenvalue weighted by Crippen LogP contribution is 2.30. The first-order valence-electron chi connectivity index (χ1n) is 7.86. The minimum absolute atomic E-state index is 0.0473. The largest absolute Gasteiger partial charge is 0.416 e. The average Bonchev–Trinajstić information content (AvgIpc) is 3.16. The predicted molar refractivity (Wildman–Crippen MR) is 88.5 cm³/mol. The van der Waals surface area contributed by atoms with Crippen LogP contribution in [0.4, 0.5) is 13.2 Å². The second-order valence-corrected chi connectivity index (χ2v) is 5.61. The average molecular weight is 377 g/mol. The Balaban J connectivity index is 1.76. The number of carbonyl (C=O) groups is 1. The summed E-state index contributed by atoms with van der Waals surface area (Å²) in [5, 5.41) is 15.8. The summed E-state index contributed by atoms with van der Waals surface area (Å²) in [6.07, 6.45) is -4.44. The molecular formula is C18H14F3N3O3. The number of rotatable bonds is 5. The molecule has 3 rings (SSSR count). The summed E-state index contributed by atoms with van der Waals surface area (Å²) in [6, 6.07) is 11.6. The van der Waals surface area contributed by atoms with Crippen LogP contribution in [0.5, 0.6) is 0 Å². The Labute approximate surface area is 151 Å². The van der Waals surface area contributed by atoms with Gasteiger partial charge in [0.05, 0.1) is 12.2 Å². The molecule has 0 fully saturated rings. The fraction of sp³-hybridized carbons (Fsp3) is 0.167. The molecule has 0 aliphatic carbocycles. The maximum Gasteiger partial charge on any atom is 0.416 e. The second-order valence-electron chi connectivity index (χ2n) is 5.61. The maximum absolute atomic E-state index is 12.6. The van der Waals surface area contributed by atoms with Crippen molar-refractivity contribution in [3.05, 3.63) is 71.6 Å². The van der Waals surface area contributed by atoms with Gasteiger partial charge in [-0.3, -0.25) is 4.79 Å². The molecule has 0 saturated carbocycles. The molecule has 1 heterocycles. The van der Waals surface area contributed by atoms with E-state index in [0.717, 1.165) is 12.1 Å². The Hall–Kier alpha value is -3.20. The smallest absolute Gasteiger partial charge is 0.394 e. The Bertz CT molecular complexity index is 909. The van der Waals surface area contributed by atoms with Gasteiger partial charge < -0.3 is 14.9 Å². The molecule has 0 aliphatic rings. The first kappa shape index (κ1) is 18.6. The Morgan fingerprint density at radius 1 is 1.11 bits per heavy atom. The summed E-state index contributed by atoms with van der Waals surface area (Å²) in [5.74, 6) is -0.452. The zero-order chi connectivity index (χ0) is 19.4. The minimum atomic E-state index is -4.44. The van der Waals surface area contributed by atoms with Gasteiger partial charge in [0, 0.05) is 11.1 Å². The normalized spacial score (nSPS) is 12.6. The van der Waals surface area contributed by atoms with Crippen molar-refractivity contribution in [3.8, 4) is 11.4 Å². The van der Waals surface area contributed by atoms with E-state index in [1.54, 1.807) is 30.3 Å². The van der Waals surface area contributed by atoms with Crippen LogP contribution in [-0.4, -0.2) is 27.8 Å². The summed E-state index contributed by atoms with van der Waals surface area (Å²) in [6.45, 7) is -0.493. The van der Waals surface area contributed by atoms with E-state index >= 15 is 0 Å². The van der Waals surface area contributed by atoms with Crippen LogP contribution in [0, 0.1) is 0 Å². The minimum Gasteiger partial charge on any atom is -0.394 e. The van der Waals surface area contributed by atoms with E-state index in [-0.39, 0.29) is 11.7 Å². The number of aliphatic hydroxyl groups is 1. The number of nitrogens with one attached hydrogen (secondary N) is 1. The summed E-state index contributed by atoms with van der Waals surface area (Å²) in [4.78, 5) is 16.2. The molecule has 0 spiro atoms. The summed E-state index contributed by atoms with van der Waals surface area (Å²) in [5.41, 5.74) is -0.0965. The number of carbonyl (C=O) groups excluding carboxylic acids is 1. The van der Waals surface area contributed by atoms with Crippen LogP contribution in [0.25, 0.3) is 11.4 Å². The van der Waals surface area contributed by atoms with Crippen molar-refractivity contribution in [2.45, 2.75) is 12.2 Å². The van der Waals surface area contributed by atoms with E-state index in [0.29, 0.717) is 11.1 Å². The van der Waals surface area contributed by atoms with E-state index < -0.39 is 30.3 Å².